The molecule has 0 aliphatic rings. The summed E-state index contributed by atoms with van der Waals surface area (Å²) in [7, 11) is 0. The molecule has 1 aromatic heterocycles. The van der Waals surface area contributed by atoms with Crippen LogP contribution in [0.5, 0.6) is 0 Å². The largest absolute Gasteiger partial charge is 0.348 e. The summed E-state index contributed by atoms with van der Waals surface area (Å²) >= 11 is 7.42. The van der Waals surface area contributed by atoms with Gasteiger partial charge in [0.1, 0.15) is 5.01 Å². The maximum Gasteiger partial charge on any atom is 0.251 e. The number of amides is 1. The maximum absolute atomic E-state index is 12.0. The van der Waals surface area contributed by atoms with Crippen molar-refractivity contribution in [3.63, 3.8) is 0 Å². The van der Waals surface area contributed by atoms with Crippen molar-refractivity contribution in [2.75, 3.05) is 0 Å². The lowest BCUT2D eigenvalue weighted by molar-refractivity contribution is 0.0951. The Balaban J connectivity index is 1.61. The number of halogens is 1. The molecule has 0 fully saturated rings. The van der Waals surface area contributed by atoms with Crippen LogP contribution in [-0.4, -0.2) is 10.9 Å². The molecule has 0 aliphatic carbocycles. The molecule has 3 rings (SSSR count). The van der Waals surface area contributed by atoms with E-state index in [2.05, 4.69) is 10.3 Å². The van der Waals surface area contributed by atoms with Gasteiger partial charge in [0.25, 0.3) is 5.91 Å². The molecule has 1 amide bonds. The number of benzene rings is 2. The second-order valence-electron chi connectivity index (χ2n) is 4.72. The van der Waals surface area contributed by atoms with Gasteiger partial charge in [-0.3, -0.25) is 4.79 Å². The number of rotatable bonds is 4. The Hall–Kier alpha value is -2.17. The zero-order chi connectivity index (χ0) is 15.4. The van der Waals surface area contributed by atoms with Crippen molar-refractivity contribution in [1.29, 1.82) is 0 Å². The van der Waals surface area contributed by atoms with Gasteiger partial charge in [-0.05, 0) is 29.8 Å². The summed E-state index contributed by atoms with van der Waals surface area (Å²) in [5.41, 5.74) is 2.73. The minimum Gasteiger partial charge on any atom is -0.348 e. The lowest BCUT2D eigenvalue weighted by Crippen LogP contribution is -2.22. The average Bonchev–Trinajstić information content (AvgIpc) is 3.08. The highest BCUT2D eigenvalue weighted by atomic mass is 35.5. The van der Waals surface area contributed by atoms with E-state index in [0.717, 1.165) is 16.1 Å². The third kappa shape index (κ3) is 3.53. The minimum absolute atomic E-state index is 0.110. The highest BCUT2D eigenvalue weighted by Gasteiger charge is 2.05. The molecule has 0 radical (unpaired) electrons. The Kier molecular flexibility index (Phi) is 4.51. The first-order valence-electron chi connectivity index (χ1n) is 6.75. The number of hydrogen-bond acceptors (Lipinski definition) is 3. The summed E-state index contributed by atoms with van der Waals surface area (Å²) < 4.78 is 0. The second kappa shape index (κ2) is 6.73. The van der Waals surface area contributed by atoms with Crippen LogP contribution < -0.4 is 5.32 Å². The zero-order valence-corrected chi connectivity index (χ0v) is 13.2. The van der Waals surface area contributed by atoms with Gasteiger partial charge in [-0.25, -0.2) is 4.98 Å². The first kappa shape index (κ1) is 14.8. The van der Waals surface area contributed by atoms with Crippen LogP contribution in [0.4, 0.5) is 0 Å². The van der Waals surface area contributed by atoms with Crippen molar-refractivity contribution in [2.24, 2.45) is 0 Å². The smallest absolute Gasteiger partial charge is 0.251 e. The van der Waals surface area contributed by atoms with Gasteiger partial charge in [-0.15, -0.1) is 11.3 Å². The Morgan fingerprint density at radius 1 is 1.09 bits per heavy atom. The first-order chi connectivity index (χ1) is 10.7. The fourth-order valence-electron chi connectivity index (χ4n) is 2.02. The number of aromatic nitrogens is 1. The van der Waals surface area contributed by atoms with Gasteiger partial charge < -0.3 is 5.32 Å². The predicted octanol–water partition coefficient (Wildman–Crippen LogP) is 4.39. The van der Waals surface area contributed by atoms with Gasteiger partial charge in [-0.1, -0.05) is 35.9 Å². The summed E-state index contributed by atoms with van der Waals surface area (Å²) in [5, 5.41) is 6.46. The van der Waals surface area contributed by atoms with E-state index in [9.17, 15) is 4.79 Å². The molecule has 0 spiro atoms. The molecule has 3 nitrogen and oxygen atoms in total. The Labute approximate surface area is 137 Å². The standard InChI is InChI=1S/C17H13ClN2OS/c18-15-7-5-13(6-8-15)16(21)20-11-12-1-3-14(4-2-12)17-19-9-10-22-17/h1-10H,11H2,(H,20,21). The first-order valence-corrected chi connectivity index (χ1v) is 8.01. The molecular formula is C17H13ClN2OS. The van der Waals surface area contributed by atoms with Crippen LogP contribution in [0.3, 0.4) is 0 Å². The van der Waals surface area contributed by atoms with E-state index >= 15 is 0 Å². The number of thiazole rings is 1. The van der Waals surface area contributed by atoms with Crippen molar-refractivity contribution >= 4 is 28.8 Å². The van der Waals surface area contributed by atoms with Gasteiger partial charge in [0.2, 0.25) is 0 Å². The molecule has 0 saturated carbocycles. The average molecular weight is 329 g/mol. The Bertz CT molecular complexity index is 752. The van der Waals surface area contributed by atoms with Crippen molar-refractivity contribution in [2.45, 2.75) is 6.54 Å². The molecule has 0 aliphatic heterocycles. The normalized spacial score (nSPS) is 10.4. The molecule has 3 aromatic rings. The highest BCUT2D eigenvalue weighted by molar-refractivity contribution is 7.13. The maximum atomic E-state index is 12.0. The van der Waals surface area contributed by atoms with E-state index in [1.54, 1.807) is 41.8 Å². The van der Waals surface area contributed by atoms with E-state index in [4.69, 9.17) is 11.6 Å². The lowest BCUT2D eigenvalue weighted by Gasteiger charge is -2.06. The summed E-state index contributed by atoms with van der Waals surface area (Å²) in [6.07, 6.45) is 1.79. The van der Waals surface area contributed by atoms with E-state index < -0.39 is 0 Å². The molecule has 110 valence electrons. The molecule has 5 heteroatoms. The Morgan fingerprint density at radius 2 is 1.82 bits per heavy atom. The third-order valence-corrected chi connectivity index (χ3v) is 4.27. The summed E-state index contributed by atoms with van der Waals surface area (Å²) in [6, 6.07) is 14.9. The zero-order valence-electron chi connectivity index (χ0n) is 11.6. The highest BCUT2D eigenvalue weighted by Crippen LogP contribution is 2.21. The van der Waals surface area contributed by atoms with Crippen molar-refractivity contribution < 1.29 is 4.79 Å². The fraction of sp³-hybridized carbons (Fsp3) is 0.0588. The molecule has 0 bridgehead atoms. The number of nitrogens with one attached hydrogen (secondary N) is 1. The molecule has 2 aromatic carbocycles. The van der Waals surface area contributed by atoms with Crippen molar-refractivity contribution in [3.8, 4) is 10.6 Å². The van der Waals surface area contributed by atoms with E-state index in [0.29, 0.717) is 17.1 Å². The minimum atomic E-state index is -0.110. The SMILES string of the molecule is O=C(NCc1ccc(-c2nccs2)cc1)c1ccc(Cl)cc1. The van der Waals surface area contributed by atoms with E-state index in [1.807, 2.05) is 29.6 Å². The monoisotopic (exact) mass is 328 g/mol. The lowest BCUT2D eigenvalue weighted by atomic mass is 10.1. The van der Waals surface area contributed by atoms with Gasteiger partial charge >= 0.3 is 0 Å². The van der Waals surface area contributed by atoms with Crippen LogP contribution in [0.15, 0.2) is 60.1 Å². The number of hydrogen-bond donors (Lipinski definition) is 1. The van der Waals surface area contributed by atoms with Crippen LogP contribution in [0, 0.1) is 0 Å². The van der Waals surface area contributed by atoms with E-state index in [1.165, 1.54) is 0 Å². The predicted molar refractivity (Wildman–Crippen MR) is 90.2 cm³/mol. The number of carbonyl (C=O) groups is 1. The third-order valence-electron chi connectivity index (χ3n) is 3.19. The molecule has 1 N–H and O–H groups in total. The summed E-state index contributed by atoms with van der Waals surface area (Å²) in [6.45, 7) is 0.486. The topological polar surface area (TPSA) is 42.0 Å². The molecule has 22 heavy (non-hydrogen) atoms. The number of nitrogens with zero attached hydrogens (tertiary/aromatic N) is 1. The van der Waals surface area contributed by atoms with Crippen LogP contribution in [0.2, 0.25) is 5.02 Å². The van der Waals surface area contributed by atoms with Crippen LogP contribution in [0.1, 0.15) is 15.9 Å². The van der Waals surface area contributed by atoms with Crippen LogP contribution in [0.25, 0.3) is 10.6 Å². The summed E-state index contributed by atoms with van der Waals surface area (Å²) in [4.78, 5) is 16.3. The van der Waals surface area contributed by atoms with Gasteiger partial charge in [-0.2, -0.15) is 0 Å². The Morgan fingerprint density at radius 3 is 2.45 bits per heavy atom. The second-order valence-corrected chi connectivity index (χ2v) is 6.05. The van der Waals surface area contributed by atoms with Crippen LogP contribution >= 0.6 is 22.9 Å². The van der Waals surface area contributed by atoms with Gasteiger partial charge in [0.05, 0.1) is 0 Å². The van der Waals surface area contributed by atoms with Crippen molar-refractivity contribution in [3.05, 3.63) is 76.3 Å². The quantitative estimate of drug-likeness (QED) is 0.771. The molecule has 0 atom stereocenters. The van der Waals surface area contributed by atoms with Gasteiger partial charge in [0, 0.05) is 34.3 Å². The molecule has 1 heterocycles. The number of carbonyl (C=O) groups excluding carboxylic acids is 1. The van der Waals surface area contributed by atoms with Crippen LogP contribution in [-0.2, 0) is 6.54 Å². The van der Waals surface area contributed by atoms with Crippen molar-refractivity contribution in [1.82, 2.24) is 10.3 Å². The molecule has 0 unspecified atom stereocenters. The van der Waals surface area contributed by atoms with E-state index in [-0.39, 0.29) is 5.91 Å². The molecular weight excluding hydrogens is 316 g/mol. The van der Waals surface area contributed by atoms with Gasteiger partial charge in [0.15, 0.2) is 0 Å². The summed E-state index contributed by atoms with van der Waals surface area (Å²) in [5.74, 6) is -0.110. The fourth-order valence-corrected chi connectivity index (χ4v) is 2.79. The molecule has 0 saturated heterocycles.